The van der Waals surface area contributed by atoms with Gasteiger partial charge in [0.25, 0.3) is 0 Å². The molecule has 44 valence electrons. The first kappa shape index (κ1) is 11.6. The average Bonchev–Trinajstić information content (AvgIpc) is 1.68. The molecule has 5 heteroatoms. The second kappa shape index (κ2) is 7.87. The molecule has 0 spiro atoms. The van der Waals surface area contributed by atoms with Gasteiger partial charge >= 0.3 is 57.5 Å². The number of rotatable bonds is 1. The average molecular weight is 144 g/mol. The molecule has 0 heterocycles. The molecule has 0 saturated carbocycles. The maximum Gasteiger partial charge on any atom is 1.00 e. The summed E-state index contributed by atoms with van der Waals surface area (Å²) in [5, 5.41) is 0. The molecule has 0 aliphatic carbocycles. The van der Waals surface area contributed by atoms with Crippen molar-refractivity contribution in [3.05, 3.63) is 0 Å². The van der Waals surface area contributed by atoms with Crippen LogP contribution >= 0.6 is 0 Å². The molecule has 0 unspecified atom stereocenters. The number of carbonyl (C=O) groups is 1. The zero-order chi connectivity index (χ0) is 5.70. The summed E-state index contributed by atoms with van der Waals surface area (Å²) in [6.45, 7) is 2.05. The molecule has 0 aliphatic heterocycles. The molecule has 8 heavy (non-hydrogen) atoms. The van der Waals surface area contributed by atoms with Crippen molar-refractivity contribution in [2.45, 2.75) is 6.92 Å². The number of hydrogen-bond acceptors (Lipinski definition) is 3. The molecule has 3 N–H and O–H groups in total. The molecule has 0 aromatic carbocycles. The second-order valence-electron chi connectivity index (χ2n) is 0.865. The van der Waals surface area contributed by atoms with Gasteiger partial charge in [-0.05, 0) is 6.92 Å². The third kappa shape index (κ3) is 6.87. The van der Waals surface area contributed by atoms with E-state index in [1.807, 2.05) is 0 Å². The van der Waals surface area contributed by atoms with Gasteiger partial charge in [0.1, 0.15) is 0 Å². The van der Waals surface area contributed by atoms with Gasteiger partial charge in [-0.25, -0.2) is 10.6 Å². The Morgan fingerprint density at radius 2 is 2.50 bits per heavy atom. The van der Waals surface area contributed by atoms with Crippen LogP contribution in [-0.4, -0.2) is 12.7 Å². The molecular weight excluding hydrogens is 135 g/mol. The molecule has 0 atom stereocenters. The van der Waals surface area contributed by atoms with E-state index in [0.29, 0.717) is 6.61 Å². The fraction of sp³-hybridized carbons (Fsp3) is 0.667. The summed E-state index contributed by atoms with van der Waals surface area (Å²) in [4.78, 5) is 9.95. The van der Waals surface area contributed by atoms with Crippen LogP contribution in [0.2, 0.25) is 0 Å². The van der Waals surface area contributed by atoms with E-state index in [1.165, 1.54) is 0 Å². The van der Waals surface area contributed by atoms with Crippen molar-refractivity contribution in [2.75, 3.05) is 6.61 Å². The van der Waals surface area contributed by atoms with Crippen molar-refractivity contribution in [1.82, 2.24) is 5.43 Å². The Kier molecular flexibility index (Phi) is 11.4. The Hall–Kier alpha value is 0.866. The van der Waals surface area contributed by atoms with Gasteiger partial charge in [-0.15, -0.1) is 0 Å². The van der Waals surface area contributed by atoms with Crippen LogP contribution in [0.1, 0.15) is 8.35 Å². The Morgan fingerprint density at radius 1 is 2.00 bits per heavy atom. The fourth-order valence-corrected chi connectivity index (χ4v) is 0.173. The van der Waals surface area contributed by atoms with E-state index < -0.39 is 6.09 Å². The molecule has 0 aliphatic rings. The van der Waals surface area contributed by atoms with Crippen LogP contribution in [0.3, 0.4) is 0 Å². The van der Waals surface area contributed by atoms with E-state index in [2.05, 4.69) is 10.6 Å². The topological polar surface area (TPSA) is 64.3 Å². The summed E-state index contributed by atoms with van der Waals surface area (Å²) in [6, 6.07) is 0. The van der Waals surface area contributed by atoms with Gasteiger partial charge in [-0.1, -0.05) is 0 Å². The normalized spacial score (nSPS) is 6.75. The summed E-state index contributed by atoms with van der Waals surface area (Å²) >= 11 is 0. The van der Waals surface area contributed by atoms with Crippen molar-refractivity contribution in [1.29, 1.82) is 0 Å². The predicted molar refractivity (Wildman–Crippen MR) is 25.5 cm³/mol. The van der Waals surface area contributed by atoms with Gasteiger partial charge in [0, 0.05) is 0 Å². The summed E-state index contributed by atoms with van der Waals surface area (Å²) in [5.41, 5.74) is 1.80. The largest absolute Gasteiger partial charge is 1.00 e. The molecule has 0 rings (SSSR count). The number of nitrogens with one attached hydrogen (secondary N) is 1. The SMILES string of the molecule is CCOC(=O)NN.[H-].[K+]. The van der Waals surface area contributed by atoms with Crippen LogP contribution < -0.4 is 62.7 Å². The fourth-order valence-electron chi connectivity index (χ4n) is 0.173. The molecule has 4 nitrogen and oxygen atoms in total. The third-order valence-electron chi connectivity index (χ3n) is 0.393. The second-order valence-corrected chi connectivity index (χ2v) is 0.865. The molecule has 0 bridgehead atoms. The maximum absolute atomic E-state index is 9.95. The minimum absolute atomic E-state index is 0. The van der Waals surface area contributed by atoms with Crippen LogP contribution in [0.5, 0.6) is 0 Å². The first-order chi connectivity index (χ1) is 3.31. The van der Waals surface area contributed by atoms with Gasteiger partial charge in [-0.2, -0.15) is 0 Å². The summed E-state index contributed by atoms with van der Waals surface area (Å²) in [7, 11) is 0. The van der Waals surface area contributed by atoms with Crippen molar-refractivity contribution >= 4 is 6.09 Å². The molecule has 0 fully saturated rings. The quantitative estimate of drug-likeness (QED) is 0.176. The number of hydrazine groups is 1. The summed E-state index contributed by atoms with van der Waals surface area (Å²) in [6.07, 6.45) is -0.595. The molecule has 1 amide bonds. The predicted octanol–water partition coefficient (Wildman–Crippen LogP) is -3.28. The van der Waals surface area contributed by atoms with Gasteiger partial charge in [0.2, 0.25) is 0 Å². The van der Waals surface area contributed by atoms with Crippen LogP contribution in [0.15, 0.2) is 0 Å². The Morgan fingerprint density at radius 3 is 2.62 bits per heavy atom. The smallest absolute Gasteiger partial charge is 1.00 e. The summed E-state index contributed by atoms with van der Waals surface area (Å²) < 4.78 is 4.32. The van der Waals surface area contributed by atoms with Crippen LogP contribution in [0, 0.1) is 0 Å². The minimum atomic E-state index is -0.595. The van der Waals surface area contributed by atoms with E-state index in [9.17, 15) is 4.79 Å². The summed E-state index contributed by atoms with van der Waals surface area (Å²) in [5.74, 6) is 4.63. The molecule has 0 saturated heterocycles. The van der Waals surface area contributed by atoms with Gasteiger partial charge in [0.15, 0.2) is 0 Å². The zero-order valence-electron chi connectivity index (χ0n) is 6.10. The third-order valence-corrected chi connectivity index (χ3v) is 0.393. The Labute approximate surface area is 92.0 Å². The molecular formula is C3H9KN2O2. The number of ether oxygens (including phenoxy) is 1. The van der Waals surface area contributed by atoms with Crippen molar-refractivity contribution in [2.24, 2.45) is 5.84 Å². The van der Waals surface area contributed by atoms with E-state index in [0.717, 1.165) is 0 Å². The molecule has 0 aromatic rings. The van der Waals surface area contributed by atoms with Gasteiger partial charge in [-0.3, -0.25) is 5.43 Å². The van der Waals surface area contributed by atoms with Gasteiger partial charge < -0.3 is 6.16 Å². The first-order valence-electron chi connectivity index (χ1n) is 1.94. The van der Waals surface area contributed by atoms with Crippen LogP contribution in [0.4, 0.5) is 4.79 Å². The van der Waals surface area contributed by atoms with E-state index >= 15 is 0 Å². The monoisotopic (exact) mass is 144 g/mol. The zero-order valence-corrected chi connectivity index (χ0v) is 8.22. The first-order valence-corrected chi connectivity index (χ1v) is 1.94. The van der Waals surface area contributed by atoms with Crippen LogP contribution in [0.25, 0.3) is 0 Å². The van der Waals surface area contributed by atoms with Gasteiger partial charge in [0.05, 0.1) is 6.61 Å². The maximum atomic E-state index is 9.95. The van der Waals surface area contributed by atoms with Crippen molar-refractivity contribution < 1.29 is 62.3 Å². The number of carbonyl (C=O) groups excluding carboxylic acids is 1. The minimum Gasteiger partial charge on any atom is -1.00 e. The molecule has 0 aromatic heterocycles. The van der Waals surface area contributed by atoms with Crippen molar-refractivity contribution in [3.8, 4) is 0 Å². The van der Waals surface area contributed by atoms with Crippen molar-refractivity contribution in [3.63, 3.8) is 0 Å². The van der Waals surface area contributed by atoms with E-state index in [1.54, 1.807) is 12.3 Å². The Bertz CT molecular complexity index is 72.8. The molecule has 0 radical (unpaired) electrons. The standard InChI is InChI=1S/C3H8N2O2.K.H/c1-2-7-3(6)5-4;;/h2,4H2,1H3,(H,5,6);;/q;+1;-1. The number of hydrogen-bond donors (Lipinski definition) is 2. The Balaban J connectivity index is -0.000000180. The van der Waals surface area contributed by atoms with E-state index in [4.69, 9.17) is 0 Å². The van der Waals surface area contributed by atoms with E-state index in [-0.39, 0.29) is 52.8 Å². The number of nitrogens with two attached hydrogens (primary N) is 1. The number of amides is 1. The van der Waals surface area contributed by atoms with Crippen LogP contribution in [-0.2, 0) is 4.74 Å².